The van der Waals surface area contributed by atoms with Crippen molar-refractivity contribution in [2.24, 2.45) is 0 Å². The molecular weight excluding hydrogens is 337 g/mol. The van der Waals surface area contributed by atoms with Crippen molar-refractivity contribution in [2.75, 3.05) is 32.2 Å². The number of halogens is 1. The number of aromatic amines is 1. The lowest BCUT2D eigenvalue weighted by molar-refractivity contribution is -0.00626. The summed E-state index contributed by atoms with van der Waals surface area (Å²) in [4.78, 5) is 18.0. The zero-order chi connectivity index (χ0) is 12.3. The van der Waals surface area contributed by atoms with E-state index in [1.807, 2.05) is 22.6 Å². The molecule has 17 heavy (non-hydrogen) atoms. The van der Waals surface area contributed by atoms with E-state index < -0.39 is 0 Å². The fraction of sp³-hybridized carbons (Fsp3) is 0.600. The molecular formula is C10H14IN3O3. The van der Waals surface area contributed by atoms with Crippen LogP contribution < -0.4 is 10.9 Å². The van der Waals surface area contributed by atoms with Crippen LogP contribution in [-0.2, 0) is 9.47 Å². The second-order valence-corrected chi connectivity index (χ2v) is 5.02. The van der Waals surface area contributed by atoms with Gasteiger partial charge in [0.1, 0.15) is 15.0 Å². The van der Waals surface area contributed by atoms with E-state index in [9.17, 15) is 4.79 Å². The van der Waals surface area contributed by atoms with Crippen molar-refractivity contribution in [3.05, 3.63) is 20.3 Å². The van der Waals surface area contributed by atoms with Crippen LogP contribution in [0.3, 0.4) is 0 Å². The lowest BCUT2D eigenvalue weighted by Crippen LogP contribution is -2.40. The topological polar surface area (TPSA) is 76.2 Å². The molecule has 0 aliphatic carbocycles. The van der Waals surface area contributed by atoms with Gasteiger partial charge in [-0.25, -0.2) is 4.98 Å². The lowest BCUT2D eigenvalue weighted by Gasteiger charge is -2.26. The summed E-state index contributed by atoms with van der Waals surface area (Å²) < 4.78 is 11.4. The number of hydrogen-bond acceptors (Lipinski definition) is 5. The van der Waals surface area contributed by atoms with Crippen LogP contribution in [0.15, 0.2) is 11.1 Å². The van der Waals surface area contributed by atoms with Gasteiger partial charge in [0.25, 0.3) is 5.56 Å². The number of methoxy groups -OCH3 is 1. The highest BCUT2D eigenvalue weighted by Crippen LogP contribution is 2.23. The van der Waals surface area contributed by atoms with E-state index in [0.29, 0.717) is 29.1 Å². The first-order valence-electron chi connectivity index (χ1n) is 5.27. The van der Waals surface area contributed by atoms with E-state index in [2.05, 4.69) is 15.3 Å². The van der Waals surface area contributed by atoms with Crippen LogP contribution in [0.1, 0.15) is 6.42 Å². The molecule has 1 aromatic heterocycles. The molecule has 1 unspecified atom stereocenters. The Labute approximate surface area is 112 Å². The van der Waals surface area contributed by atoms with Gasteiger partial charge in [0.05, 0.1) is 12.9 Å². The van der Waals surface area contributed by atoms with Crippen molar-refractivity contribution in [1.29, 1.82) is 0 Å². The van der Waals surface area contributed by atoms with Crippen molar-refractivity contribution >= 4 is 28.4 Å². The highest BCUT2D eigenvalue weighted by molar-refractivity contribution is 14.1. The quantitative estimate of drug-likeness (QED) is 0.777. The van der Waals surface area contributed by atoms with Crippen LogP contribution in [0.4, 0.5) is 5.82 Å². The monoisotopic (exact) mass is 351 g/mol. The van der Waals surface area contributed by atoms with Gasteiger partial charge in [-0.3, -0.25) is 4.79 Å². The average molecular weight is 351 g/mol. The molecule has 2 rings (SSSR count). The van der Waals surface area contributed by atoms with Crippen molar-refractivity contribution in [2.45, 2.75) is 12.0 Å². The van der Waals surface area contributed by atoms with Gasteiger partial charge in [0.15, 0.2) is 0 Å². The molecule has 2 heterocycles. The molecule has 1 fully saturated rings. The van der Waals surface area contributed by atoms with E-state index in [-0.39, 0.29) is 11.2 Å². The van der Waals surface area contributed by atoms with Crippen LogP contribution in [0, 0.1) is 3.57 Å². The minimum atomic E-state index is -0.312. The Balaban J connectivity index is 2.06. The standard InChI is InChI=1S/C10H14IN3O3/c1-16-10(2-3-17-5-10)4-12-8-7(11)9(15)14-6-13-8/h6H,2-5H2,1H3,(H2,12,13,14,15). The van der Waals surface area contributed by atoms with E-state index in [0.717, 1.165) is 6.42 Å². The number of hydrogen-bond donors (Lipinski definition) is 2. The molecule has 6 nitrogen and oxygen atoms in total. The molecule has 1 saturated heterocycles. The van der Waals surface area contributed by atoms with E-state index in [1.165, 1.54) is 6.33 Å². The molecule has 0 spiro atoms. The second kappa shape index (κ2) is 5.32. The number of nitrogens with one attached hydrogen (secondary N) is 2. The third-order valence-electron chi connectivity index (χ3n) is 2.87. The summed E-state index contributed by atoms with van der Waals surface area (Å²) in [6.07, 6.45) is 2.23. The van der Waals surface area contributed by atoms with Crippen molar-refractivity contribution in [1.82, 2.24) is 9.97 Å². The summed E-state index contributed by atoms with van der Waals surface area (Å²) in [5.41, 5.74) is -0.454. The largest absolute Gasteiger partial charge is 0.378 e. The normalized spacial score (nSPS) is 23.9. The first-order valence-corrected chi connectivity index (χ1v) is 6.35. The minimum Gasteiger partial charge on any atom is -0.378 e. The van der Waals surface area contributed by atoms with Gasteiger partial charge >= 0.3 is 0 Å². The number of nitrogens with zero attached hydrogens (tertiary/aromatic N) is 1. The van der Waals surface area contributed by atoms with Crippen LogP contribution >= 0.6 is 22.6 Å². The summed E-state index contributed by atoms with van der Waals surface area (Å²) in [5.74, 6) is 0.581. The van der Waals surface area contributed by atoms with Crippen LogP contribution in [0.5, 0.6) is 0 Å². The number of rotatable bonds is 4. The van der Waals surface area contributed by atoms with Gasteiger partial charge in [0, 0.05) is 26.7 Å². The Morgan fingerprint density at radius 2 is 2.59 bits per heavy atom. The van der Waals surface area contributed by atoms with Crippen molar-refractivity contribution in [3.8, 4) is 0 Å². The van der Waals surface area contributed by atoms with Gasteiger partial charge in [-0.05, 0) is 22.6 Å². The molecule has 1 aliphatic heterocycles. The molecule has 7 heteroatoms. The minimum absolute atomic E-state index is 0.141. The maximum absolute atomic E-state index is 11.4. The number of aromatic nitrogens is 2. The molecule has 1 atom stereocenters. The molecule has 0 aromatic carbocycles. The highest BCUT2D eigenvalue weighted by atomic mass is 127. The van der Waals surface area contributed by atoms with Crippen molar-refractivity contribution in [3.63, 3.8) is 0 Å². The Kier molecular flexibility index (Phi) is 4.00. The number of H-pyrrole nitrogens is 1. The fourth-order valence-electron chi connectivity index (χ4n) is 1.71. The van der Waals surface area contributed by atoms with Gasteiger partial charge in [-0.1, -0.05) is 0 Å². The molecule has 0 saturated carbocycles. The lowest BCUT2D eigenvalue weighted by atomic mass is 10.0. The van der Waals surface area contributed by atoms with Crippen LogP contribution in [0.2, 0.25) is 0 Å². The molecule has 2 N–H and O–H groups in total. The molecule has 1 aliphatic rings. The Morgan fingerprint density at radius 3 is 3.24 bits per heavy atom. The van der Waals surface area contributed by atoms with Gasteiger partial charge in [-0.2, -0.15) is 0 Å². The van der Waals surface area contributed by atoms with E-state index >= 15 is 0 Å². The van der Waals surface area contributed by atoms with Gasteiger partial charge in [0.2, 0.25) is 0 Å². The predicted molar refractivity (Wildman–Crippen MR) is 71.2 cm³/mol. The van der Waals surface area contributed by atoms with Crippen molar-refractivity contribution < 1.29 is 9.47 Å². The average Bonchev–Trinajstić information content (AvgIpc) is 2.81. The van der Waals surface area contributed by atoms with Gasteiger partial charge in [-0.15, -0.1) is 0 Å². The first kappa shape index (κ1) is 12.8. The molecule has 94 valence electrons. The third kappa shape index (κ3) is 2.78. The highest BCUT2D eigenvalue weighted by Gasteiger charge is 2.34. The summed E-state index contributed by atoms with van der Waals surface area (Å²) in [6, 6.07) is 0. The van der Waals surface area contributed by atoms with Crippen LogP contribution in [-0.4, -0.2) is 42.4 Å². The fourth-order valence-corrected chi connectivity index (χ4v) is 2.20. The maximum Gasteiger partial charge on any atom is 0.266 e. The molecule has 0 radical (unpaired) electrons. The number of ether oxygens (including phenoxy) is 2. The zero-order valence-corrected chi connectivity index (χ0v) is 11.6. The second-order valence-electron chi connectivity index (χ2n) is 3.94. The van der Waals surface area contributed by atoms with E-state index in [4.69, 9.17) is 9.47 Å². The van der Waals surface area contributed by atoms with E-state index in [1.54, 1.807) is 7.11 Å². The van der Waals surface area contributed by atoms with Gasteiger partial charge < -0.3 is 19.8 Å². The summed E-state index contributed by atoms with van der Waals surface area (Å²) in [7, 11) is 1.67. The smallest absolute Gasteiger partial charge is 0.266 e. The summed E-state index contributed by atoms with van der Waals surface area (Å²) in [6.45, 7) is 1.85. The SMILES string of the molecule is COC1(CNc2nc[nH]c(=O)c2I)CCOC1. The molecule has 0 amide bonds. The summed E-state index contributed by atoms with van der Waals surface area (Å²) >= 11 is 1.97. The first-order chi connectivity index (χ1) is 8.17. The Bertz CT molecular complexity index is 443. The predicted octanol–water partition coefficient (Wildman–Crippen LogP) is 0.592. The third-order valence-corrected chi connectivity index (χ3v) is 3.88. The van der Waals surface area contributed by atoms with Crippen LogP contribution in [0.25, 0.3) is 0 Å². The number of anilines is 1. The zero-order valence-electron chi connectivity index (χ0n) is 9.46. The molecule has 0 bridgehead atoms. The Hall–Kier alpha value is -0.670. The Morgan fingerprint density at radius 1 is 1.76 bits per heavy atom. The summed E-state index contributed by atoms with van der Waals surface area (Å²) in [5, 5.41) is 3.14. The molecule has 1 aromatic rings. The maximum atomic E-state index is 11.4.